The molecule has 0 saturated carbocycles. The first kappa shape index (κ1) is 14.7. The Morgan fingerprint density at radius 2 is 1.75 bits per heavy atom. The molecule has 0 atom stereocenters. The van der Waals surface area contributed by atoms with Crippen LogP contribution in [0.5, 0.6) is 0 Å². The number of rotatable bonds is 2. The van der Waals surface area contributed by atoms with Crippen molar-refractivity contribution in [2.24, 2.45) is 0 Å². The maximum atomic E-state index is 9.08. The summed E-state index contributed by atoms with van der Waals surface area (Å²) in [6.07, 6.45) is 0. The molecule has 6 heteroatoms. The average molecular weight is 248 g/mol. The quantitative estimate of drug-likeness (QED) is 0.620. The molecule has 2 N–H and O–H groups in total. The molecular weight excluding hydrogens is 234 g/mol. The van der Waals surface area contributed by atoms with Gasteiger partial charge < -0.3 is 10.3 Å². The van der Waals surface area contributed by atoms with Gasteiger partial charge in [0.25, 0.3) is 5.09 Å². The Kier molecular flexibility index (Phi) is 5.77. The molecule has 0 bridgehead atoms. The highest BCUT2D eigenvalue weighted by Crippen LogP contribution is 2.23. The summed E-state index contributed by atoms with van der Waals surface area (Å²) in [6, 6.07) is 7.57. The third kappa shape index (κ3) is 5.53. The van der Waals surface area contributed by atoms with Crippen LogP contribution in [-0.4, -0.2) is 22.0 Å². The number of benzene rings is 1. The molecule has 0 unspecified atom stereocenters. The van der Waals surface area contributed by atoms with Crippen molar-refractivity contribution in [1.82, 2.24) is 0 Å². The molecule has 0 aliphatic carbocycles. The van der Waals surface area contributed by atoms with Crippen molar-refractivity contribution in [2.45, 2.75) is 19.3 Å². The van der Waals surface area contributed by atoms with Crippen LogP contribution in [0.2, 0.25) is 5.02 Å². The van der Waals surface area contributed by atoms with Gasteiger partial charge in [0, 0.05) is 10.4 Å². The van der Waals surface area contributed by atoms with Gasteiger partial charge in [-0.3, -0.25) is 0 Å². The van der Waals surface area contributed by atoms with Crippen molar-refractivity contribution >= 4 is 11.6 Å². The van der Waals surface area contributed by atoms with E-state index < -0.39 is 5.09 Å². The SMILES string of the molecule is CC(C)(CO)c1ccc(Cl)cc1.O=[N+]([O-])O. The lowest BCUT2D eigenvalue weighted by atomic mass is 9.86. The lowest BCUT2D eigenvalue weighted by molar-refractivity contribution is -0.742. The van der Waals surface area contributed by atoms with E-state index in [1.54, 1.807) is 0 Å². The summed E-state index contributed by atoms with van der Waals surface area (Å²) < 4.78 is 0. The second-order valence-corrected chi connectivity index (χ2v) is 4.22. The van der Waals surface area contributed by atoms with Crippen molar-refractivity contribution in [1.29, 1.82) is 0 Å². The minimum absolute atomic E-state index is 0.147. The summed E-state index contributed by atoms with van der Waals surface area (Å²) >= 11 is 5.74. The lowest BCUT2D eigenvalue weighted by Gasteiger charge is -2.21. The van der Waals surface area contributed by atoms with E-state index >= 15 is 0 Å². The number of halogens is 1. The summed E-state index contributed by atoms with van der Waals surface area (Å²) in [7, 11) is 0. The monoisotopic (exact) mass is 247 g/mol. The predicted octanol–water partition coefficient (Wildman–Crippen LogP) is 2.26. The Hall–Kier alpha value is -1.33. The van der Waals surface area contributed by atoms with Crippen LogP contribution >= 0.6 is 11.6 Å². The van der Waals surface area contributed by atoms with Crippen molar-refractivity contribution in [2.75, 3.05) is 6.61 Å². The van der Waals surface area contributed by atoms with Crippen molar-refractivity contribution in [3.05, 3.63) is 45.0 Å². The first-order valence-electron chi connectivity index (χ1n) is 4.50. The summed E-state index contributed by atoms with van der Waals surface area (Å²) in [5.41, 5.74) is 0.930. The van der Waals surface area contributed by atoms with Gasteiger partial charge in [0.15, 0.2) is 0 Å². The molecule has 0 spiro atoms. The zero-order valence-electron chi connectivity index (χ0n) is 9.05. The Morgan fingerprint density at radius 3 is 2.06 bits per heavy atom. The van der Waals surface area contributed by atoms with Crippen LogP contribution in [0.25, 0.3) is 0 Å². The predicted molar refractivity (Wildman–Crippen MR) is 60.3 cm³/mol. The van der Waals surface area contributed by atoms with Crippen molar-refractivity contribution < 1.29 is 15.4 Å². The van der Waals surface area contributed by atoms with Crippen LogP contribution in [0.3, 0.4) is 0 Å². The highest BCUT2D eigenvalue weighted by molar-refractivity contribution is 6.30. The van der Waals surface area contributed by atoms with Crippen LogP contribution in [0.15, 0.2) is 24.3 Å². The van der Waals surface area contributed by atoms with E-state index in [-0.39, 0.29) is 12.0 Å². The Labute approximate surface area is 98.4 Å². The molecular formula is C10H14ClNO4. The minimum Gasteiger partial charge on any atom is -0.395 e. The molecule has 5 nitrogen and oxygen atoms in total. The van der Waals surface area contributed by atoms with E-state index in [1.807, 2.05) is 38.1 Å². The van der Waals surface area contributed by atoms with Crippen LogP contribution in [0, 0.1) is 10.1 Å². The molecule has 90 valence electrons. The van der Waals surface area contributed by atoms with Crippen LogP contribution < -0.4 is 0 Å². The maximum Gasteiger partial charge on any atom is 0.291 e. The standard InChI is InChI=1S/C10H13ClO.HNO3/c1-10(2,7-12)8-3-5-9(11)6-4-8;2-1(3)4/h3-6,12H,7H2,1-2H3;(H,2,3,4). The van der Waals surface area contributed by atoms with Gasteiger partial charge in [0.2, 0.25) is 0 Å². The topological polar surface area (TPSA) is 83.6 Å². The molecule has 0 aliphatic heterocycles. The second-order valence-electron chi connectivity index (χ2n) is 3.79. The van der Waals surface area contributed by atoms with Crippen LogP contribution in [-0.2, 0) is 5.41 Å². The molecule has 0 radical (unpaired) electrons. The van der Waals surface area contributed by atoms with Gasteiger partial charge in [-0.2, -0.15) is 0 Å². The van der Waals surface area contributed by atoms with Crippen LogP contribution in [0.1, 0.15) is 19.4 Å². The molecule has 1 rings (SSSR count). The summed E-state index contributed by atoms with van der Waals surface area (Å²) in [5, 5.41) is 23.5. The van der Waals surface area contributed by atoms with Crippen LogP contribution in [0.4, 0.5) is 0 Å². The van der Waals surface area contributed by atoms with Crippen molar-refractivity contribution in [3.63, 3.8) is 0 Å². The Bertz CT molecular complexity index is 333. The number of hydrogen-bond donors (Lipinski definition) is 2. The highest BCUT2D eigenvalue weighted by atomic mass is 35.5. The van der Waals surface area contributed by atoms with Gasteiger partial charge in [-0.15, -0.1) is 10.1 Å². The van der Waals surface area contributed by atoms with E-state index in [2.05, 4.69) is 0 Å². The van der Waals surface area contributed by atoms with E-state index in [9.17, 15) is 0 Å². The summed E-state index contributed by atoms with van der Waals surface area (Å²) in [6.45, 7) is 4.14. The van der Waals surface area contributed by atoms with Gasteiger partial charge in [-0.1, -0.05) is 37.6 Å². The molecule has 16 heavy (non-hydrogen) atoms. The number of nitrogens with zero attached hydrogens (tertiary/aromatic N) is 1. The van der Waals surface area contributed by atoms with Gasteiger partial charge >= 0.3 is 0 Å². The molecule has 0 saturated heterocycles. The molecule has 0 aliphatic rings. The Morgan fingerprint density at radius 1 is 1.38 bits per heavy atom. The van der Waals surface area contributed by atoms with Gasteiger partial charge in [-0.25, -0.2) is 0 Å². The highest BCUT2D eigenvalue weighted by Gasteiger charge is 2.18. The minimum atomic E-state index is -1.50. The van der Waals surface area contributed by atoms with E-state index in [0.717, 1.165) is 10.6 Å². The third-order valence-corrected chi connectivity index (χ3v) is 2.27. The number of aliphatic hydroxyl groups is 1. The van der Waals surface area contributed by atoms with E-state index in [4.69, 9.17) is 32.0 Å². The first-order valence-corrected chi connectivity index (χ1v) is 4.87. The van der Waals surface area contributed by atoms with Gasteiger partial charge in [0.1, 0.15) is 0 Å². The average Bonchev–Trinajstić information content (AvgIpc) is 2.17. The third-order valence-electron chi connectivity index (χ3n) is 2.02. The Balaban J connectivity index is 0.000000487. The normalized spacial score (nSPS) is 10.2. The zero-order valence-corrected chi connectivity index (χ0v) is 9.81. The smallest absolute Gasteiger partial charge is 0.291 e. The molecule has 0 fully saturated rings. The fraction of sp³-hybridized carbons (Fsp3) is 0.400. The molecule has 1 aromatic rings. The fourth-order valence-electron chi connectivity index (χ4n) is 0.992. The fourth-order valence-corrected chi connectivity index (χ4v) is 1.12. The van der Waals surface area contributed by atoms with Gasteiger partial charge in [0.05, 0.1) is 6.61 Å². The maximum absolute atomic E-state index is 9.08. The second kappa shape index (κ2) is 6.30. The number of hydrogen-bond acceptors (Lipinski definition) is 3. The van der Waals surface area contributed by atoms with Crippen molar-refractivity contribution in [3.8, 4) is 0 Å². The summed E-state index contributed by atoms with van der Waals surface area (Å²) in [4.78, 5) is 8.36. The zero-order chi connectivity index (χ0) is 12.8. The van der Waals surface area contributed by atoms with Gasteiger partial charge in [-0.05, 0) is 17.7 Å². The van der Waals surface area contributed by atoms with E-state index in [1.165, 1.54) is 0 Å². The van der Waals surface area contributed by atoms with E-state index in [0.29, 0.717) is 0 Å². The lowest BCUT2D eigenvalue weighted by Crippen LogP contribution is -2.21. The molecule has 0 heterocycles. The first-order chi connectivity index (χ1) is 7.29. The molecule has 0 amide bonds. The molecule has 0 aromatic heterocycles. The summed E-state index contributed by atoms with van der Waals surface area (Å²) in [5.74, 6) is 0. The number of aliphatic hydroxyl groups excluding tert-OH is 1. The molecule has 1 aromatic carbocycles. The largest absolute Gasteiger partial charge is 0.395 e.